The molecule has 1 aliphatic heterocycles. The van der Waals surface area contributed by atoms with Crippen molar-refractivity contribution in [2.45, 2.75) is 19.3 Å². The molecule has 2 heteroatoms. The second-order valence-electron chi connectivity index (χ2n) is 3.18. The lowest BCUT2D eigenvalue weighted by Gasteiger charge is -2.53. The molecule has 1 heterocycles. The first-order valence-electron chi connectivity index (χ1n) is 3.25. The Hall–Kier alpha value is -0.0800. The van der Waals surface area contributed by atoms with Gasteiger partial charge in [-0.25, -0.2) is 0 Å². The summed E-state index contributed by atoms with van der Waals surface area (Å²) in [7, 11) is 0. The fraction of sp³-hybridized carbons (Fsp3) is 1.00. The van der Waals surface area contributed by atoms with Crippen molar-refractivity contribution in [2.24, 2.45) is 5.41 Å². The lowest BCUT2D eigenvalue weighted by Crippen LogP contribution is -2.57. The predicted octanol–water partition coefficient (Wildman–Crippen LogP) is 0.861. The molecule has 0 radical (unpaired) electrons. The van der Waals surface area contributed by atoms with Crippen molar-refractivity contribution in [3.63, 3.8) is 0 Å². The lowest BCUT2D eigenvalue weighted by molar-refractivity contribution is -0.230. The Morgan fingerprint density at radius 1 is 1.25 bits per heavy atom. The summed E-state index contributed by atoms with van der Waals surface area (Å²) in [5.74, 6) is 0. The van der Waals surface area contributed by atoms with Crippen LogP contribution in [-0.2, 0) is 0 Å². The van der Waals surface area contributed by atoms with Crippen LogP contribution in [0.4, 0.5) is 0 Å². The van der Waals surface area contributed by atoms with Crippen molar-refractivity contribution in [3.8, 4) is 0 Å². The van der Waals surface area contributed by atoms with E-state index in [9.17, 15) is 0 Å². The topological polar surface area (TPSA) is 23.5 Å². The third-order valence-electron chi connectivity index (χ3n) is 2.45. The third-order valence-corrected chi connectivity index (χ3v) is 2.45. The average molecular weight is 113 g/mol. The van der Waals surface area contributed by atoms with Crippen LogP contribution in [0.15, 0.2) is 0 Å². The van der Waals surface area contributed by atoms with Crippen LogP contribution in [0.25, 0.3) is 0 Å². The van der Waals surface area contributed by atoms with Gasteiger partial charge in [-0.15, -0.1) is 0 Å². The molecule has 0 aromatic rings. The molecule has 0 bridgehead atoms. The monoisotopic (exact) mass is 113 g/mol. The SMILES string of the molecule is ON1CC2(CCC2)C1. The predicted molar refractivity (Wildman–Crippen MR) is 29.6 cm³/mol. The van der Waals surface area contributed by atoms with E-state index >= 15 is 0 Å². The Kier molecular flexibility index (Phi) is 0.746. The van der Waals surface area contributed by atoms with Crippen LogP contribution in [0.1, 0.15) is 19.3 Å². The molecular weight excluding hydrogens is 102 g/mol. The highest BCUT2D eigenvalue weighted by Gasteiger charge is 2.46. The van der Waals surface area contributed by atoms with Crippen LogP contribution in [0.3, 0.4) is 0 Å². The van der Waals surface area contributed by atoms with E-state index in [2.05, 4.69) is 0 Å². The molecule has 2 rings (SSSR count). The summed E-state index contributed by atoms with van der Waals surface area (Å²) in [6.45, 7) is 1.88. The van der Waals surface area contributed by atoms with Crippen molar-refractivity contribution in [2.75, 3.05) is 13.1 Å². The van der Waals surface area contributed by atoms with Gasteiger partial charge in [-0.3, -0.25) is 0 Å². The molecule has 0 atom stereocenters. The first-order chi connectivity index (χ1) is 3.81. The van der Waals surface area contributed by atoms with Gasteiger partial charge in [-0.1, -0.05) is 6.42 Å². The number of hydrogen-bond donors (Lipinski definition) is 1. The first kappa shape index (κ1) is 4.77. The molecule has 46 valence electrons. The van der Waals surface area contributed by atoms with Gasteiger partial charge in [0.1, 0.15) is 0 Å². The molecule has 1 saturated heterocycles. The minimum Gasteiger partial charge on any atom is -0.314 e. The maximum absolute atomic E-state index is 8.78. The lowest BCUT2D eigenvalue weighted by atomic mass is 9.64. The summed E-state index contributed by atoms with van der Waals surface area (Å²) in [5, 5.41) is 10.2. The summed E-state index contributed by atoms with van der Waals surface area (Å²) in [6, 6.07) is 0. The molecule has 8 heavy (non-hydrogen) atoms. The van der Waals surface area contributed by atoms with Gasteiger partial charge in [0.25, 0.3) is 0 Å². The van der Waals surface area contributed by atoms with Crippen molar-refractivity contribution in [1.82, 2.24) is 5.06 Å². The van der Waals surface area contributed by atoms with E-state index in [1.165, 1.54) is 24.3 Å². The van der Waals surface area contributed by atoms with Crippen LogP contribution < -0.4 is 0 Å². The molecule has 2 nitrogen and oxygen atoms in total. The second kappa shape index (κ2) is 1.25. The van der Waals surface area contributed by atoms with Gasteiger partial charge in [0.15, 0.2) is 0 Å². The van der Waals surface area contributed by atoms with Gasteiger partial charge in [0.05, 0.1) is 0 Å². The molecule has 1 aliphatic carbocycles. The van der Waals surface area contributed by atoms with E-state index in [0.717, 1.165) is 13.1 Å². The van der Waals surface area contributed by atoms with Gasteiger partial charge in [0.2, 0.25) is 0 Å². The zero-order valence-electron chi connectivity index (χ0n) is 4.93. The van der Waals surface area contributed by atoms with Crippen LogP contribution >= 0.6 is 0 Å². The molecule has 0 aromatic heterocycles. The van der Waals surface area contributed by atoms with Crippen LogP contribution in [0.5, 0.6) is 0 Å². The van der Waals surface area contributed by atoms with Crippen molar-refractivity contribution in [3.05, 3.63) is 0 Å². The maximum atomic E-state index is 8.78. The van der Waals surface area contributed by atoms with Crippen LogP contribution in [0.2, 0.25) is 0 Å². The third kappa shape index (κ3) is 0.446. The molecule has 1 saturated carbocycles. The van der Waals surface area contributed by atoms with E-state index in [-0.39, 0.29) is 0 Å². The smallest absolute Gasteiger partial charge is 0.0308 e. The molecule has 1 N–H and O–H groups in total. The number of hydroxylamine groups is 2. The highest BCUT2D eigenvalue weighted by atomic mass is 16.5. The van der Waals surface area contributed by atoms with Gasteiger partial charge in [0, 0.05) is 18.5 Å². The van der Waals surface area contributed by atoms with Gasteiger partial charge >= 0.3 is 0 Å². The fourth-order valence-electron chi connectivity index (χ4n) is 1.72. The Balaban J connectivity index is 1.92. The van der Waals surface area contributed by atoms with Gasteiger partial charge in [-0.05, 0) is 12.8 Å². The number of rotatable bonds is 0. The zero-order chi connectivity index (χ0) is 5.61. The largest absolute Gasteiger partial charge is 0.314 e. The van der Waals surface area contributed by atoms with Gasteiger partial charge < -0.3 is 5.21 Å². The van der Waals surface area contributed by atoms with Crippen molar-refractivity contribution < 1.29 is 5.21 Å². The Bertz CT molecular complexity index is 101. The van der Waals surface area contributed by atoms with E-state index in [0.29, 0.717) is 5.41 Å². The van der Waals surface area contributed by atoms with E-state index in [1.54, 1.807) is 0 Å². The molecule has 0 aromatic carbocycles. The Morgan fingerprint density at radius 2 is 1.88 bits per heavy atom. The Morgan fingerprint density at radius 3 is 2.00 bits per heavy atom. The van der Waals surface area contributed by atoms with Gasteiger partial charge in [-0.2, -0.15) is 5.06 Å². The second-order valence-corrected chi connectivity index (χ2v) is 3.18. The molecule has 1 spiro atoms. The first-order valence-corrected chi connectivity index (χ1v) is 3.25. The highest BCUT2D eigenvalue weighted by Crippen LogP contribution is 2.47. The minimum absolute atomic E-state index is 0.592. The summed E-state index contributed by atoms with van der Waals surface area (Å²) < 4.78 is 0. The molecule has 2 aliphatic rings. The summed E-state index contributed by atoms with van der Waals surface area (Å²) in [4.78, 5) is 0. The van der Waals surface area contributed by atoms with Crippen molar-refractivity contribution >= 4 is 0 Å². The average Bonchev–Trinajstić information content (AvgIpc) is 1.51. The summed E-state index contributed by atoms with van der Waals surface area (Å²) in [5.41, 5.74) is 0.592. The standard InChI is InChI=1S/C6H11NO/c8-7-4-6(5-7)2-1-3-6/h8H,1-5H2. The van der Waals surface area contributed by atoms with E-state index < -0.39 is 0 Å². The molecule has 2 fully saturated rings. The van der Waals surface area contributed by atoms with Crippen molar-refractivity contribution in [1.29, 1.82) is 0 Å². The minimum atomic E-state index is 0.592. The Labute approximate surface area is 49.1 Å². The number of nitrogens with zero attached hydrogens (tertiary/aromatic N) is 1. The van der Waals surface area contributed by atoms with Crippen LogP contribution in [0, 0.1) is 5.41 Å². The fourth-order valence-corrected chi connectivity index (χ4v) is 1.72. The molecule has 0 amide bonds. The molecule has 0 unspecified atom stereocenters. The summed E-state index contributed by atoms with van der Waals surface area (Å²) in [6.07, 6.45) is 4.09. The highest BCUT2D eigenvalue weighted by molar-refractivity contribution is 4.97. The zero-order valence-corrected chi connectivity index (χ0v) is 4.93. The van der Waals surface area contributed by atoms with E-state index in [4.69, 9.17) is 5.21 Å². The quantitative estimate of drug-likeness (QED) is 0.503. The normalized spacial score (nSPS) is 34.1. The van der Waals surface area contributed by atoms with Crippen LogP contribution in [-0.4, -0.2) is 23.4 Å². The van der Waals surface area contributed by atoms with E-state index in [1.807, 2.05) is 0 Å². The molecular formula is C6H11NO. The maximum Gasteiger partial charge on any atom is 0.0308 e. The number of hydrogen-bond acceptors (Lipinski definition) is 2. The summed E-state index contributed by atoms with van der Waals surface area (Å²) >= 11 is 0.